The van der Waals surface area contributed by atoms with Gasteiger partial charge >= 0.3 is 6.18 Å². The smallest absolute Gasteiger partial charge is 0.422 e. The quantitative estimate of drug-likeness (QED) is 0.220. The molecule has 1 atom stereocenters. The highest BCUT2D eigenvalue weighted by atomic mass is 19.4. The lowest BCUT2D eigenvalue weighted by atomic mass is 9.99. The summed E-state index contributed by atoms with van der Waals surface area (Å²) >= 11 is 0. The Morgan fingerprint density at radius 1 is 1.02 bits per heavy atom. The van der Waals surface area contributed by atoms with Crippen molar-refractivity contribution in [2.24, 2.45) is 13.0 Å². The van der Waals surface area contributed by atoms with Gasteiger partial charge in [-0.2, -0.15) is 13.2 Å². The van der Waals surface area contributed by atoms with E-state index in [1.54, 1.807) is 30.3 Å². The van der Waals surface area contributed by atoms with Crippen molar-refractivity contribution in [3.05, 3.63) is 84.1 Å². The molecule has 3 aromatic carbocycles. The van der Waals surface area contributed by atoms with Crippen LogP contribution in [0.4, 0.5) is 13.2 Å². The molecule has 1 aromatic heterocycles. The molecular weight excluding hydrogens is 521 g/mol. The molecule has 6 nitrogen and oxygen atoms in total. The van der Waals surface area contributed by atoms with Gasteiger partial charge in [0.25, 0.3) is 5.91 Å². The minimum atomic E-state index is -4.44. The first kappa shape index (κ1) is 29.0. The number of aliphatic hydroxyl groups is 1. The van der Waals surface area contributed by atoms with Crippen LogP contribution in [0.3, 0.4) is 0 Å². The van der Waals surface area contributed by atoms with Crippen molar-refractivity contribution in [3.63, 3.8) is 0 Å². The van der Waals surface area contributed by atoms with E-state index in [0.29, 0.717) is 35.5 Å². The second-order valence-electron chi connectivity index (χ2n) is 9.74. The third-order valence-corrected chi connectivity index (χ3v) is 6.55. The van der Waals surface area contributed by atoms with Gasteiger partial charge in [-0.05, 0) is 59.9 Å². The third-order valence-electron chi connectivity index (χ3n) is 6.55. The first-order valence-corrected chi connectivity index (χ1v) is 13.2. The Morgan fingerprint density at radius 2 is 1.80 bits per heavy atom. The number of aromatic nitrogens is 1. The van der Waals surface area contributed by atoms with Gasteiger partial charge in [0.15, 0.2) is 6.61 Å². The van der Waals surface area contributed by atoms with E-state index in [1.165, 1.54) is 12.1 Å². The predicted molar refractivity (Wildman–Crippen MR) is 149 cm³/mol. The number of alkyl halides is 3. The number of para-hydroxylation sites is 1. The van der Waals surface area contributed by atoms with Crippen molar-refractivity contribution < 1.29 is 32.5 Å². The number of fused-ring (bicyclic) bond motifs is 1. The summed E-state index contributed by atoms with van der Waals surface area (Å²) in [6, 6.07) is 19.4. The highest BCUT2D eigenvalue weighted by Crippen LogP contribution is 2.30. The number of halogens is 3. The van der Waals surface area contributed by atoms with Crippen molar-refractivity contribution in [2.75, 3.05) is 26.4 Å². The van der Waals surface area contributed by atoms with E-state index < -0.39 is 12.8 Å². The van der Waals surface area contributed by atoms with Gasteiger partial charge < -0.3 is 24.5 Å². The Balaban J connectivity index is 1.52. The molecule has 0 aliphatic rings. The molecule has 1 unspecified atom stereocenters. The SMILES string of the molecule is CCCOc1ccc(-c2cccc(OCC(F)(F)F)c2)cc1C(=O)NCC(CO)Cc1cn(C)c2ccccc12. The molecule has 4 aromatic rings. The monoisotopic (exact) mass is 554 g/mol. The summed E-state index contributed by atoms with van der Waals surface area (Å²) in [5, 5.41) is 14.1. The molecule has 0 saturated heterocycles. The summed E-state index contributed by atoms with van der Waals surface area (Å²) in [7, 11) is 1.98. The number of benzene rings is 3. The van der Waals surface area contributed by atoms with E-state index >= 15 is 0 Å². The number of hydrogen-bond acceptors (Lipinski definition) is 4. The van der Waals surface area contributed by atoms with Crippen molar-refractivity contribution in [3.8, 4) is 22.6 Å². The van der Waals surface area contributed by atoms with Gasteiger partial charge in [0.1, 0.15) is 11.5 Å². The lowest BCUT2D eigenvalue weighted by Crippen LogP contribution is -2.32. The van der Waals surface area contributed by atoms with E-state index in [9.17, 15) is 23.1 Å². The van der Waals surface area contributed by atoms with Gasteiger partial charge in [0.05, 0.1) is 12.2 Å². The standard InChI is InChI=1S/C31H33F3N2O4/c1-3-13-39-29-12-11-23(22-7-6-8-25(15-22)40-20-31(32,33)34)16-27(29)30(38)35-17-21(19-37)14-24-18-36(2)28-10-5-4-9-26(24)28/h4-12,15-16,18,21,37H,3,13-14,17,19-20H2,1-2H3,(H,35,38). The average Bonchev–Trinajstić information content (AvgIpc) is 3.27. The van der Waals surface area contributed by atoms with Gasteiger partial charge in [-0.25, -0.2) is 0 Å². The maximum absolute atomic E-state index is 13.4. The Kier molecular flexibility index (Phi) is 9.37. The number of carbonyl (C=O) groups excluding carboxylic acids is 1. The van der Waals surface area contributed by atoms with Crippen LogP contribution in [0.15, 0.2) is 72.9 Å². The van der Waals surface area contributed by atoms with Crippen LogP contribution in [0.2, 0.25) is 0 Å². The highest BCUT2D eigenvalue weighted by Gasteiger charge is 2.28. The molecule has 0 saturated carbocycles. The Morgan fingerprint density at radius 3 is 2.55 bits per heavy atom. The fourth-order valence-corrected chi connectivity index (χ4v) is 4.59. The fourth-order valence-electron chi connectivity index (χ4n) is 4.59. The minimum Gasteiger partial charge on any atom is -0.493 e. The normalized spacial score (nSPS) is 12.3. The number of aryl methyl sites for hydroxylation is 1. The molecule has 0 aliphatic heterocycles. The van der Waals surface area contributed by atoms with E-state index in [2.05, 4.69) is 5.32 Å². The molecule has 0 bridgehead atoms. The average molecular weight is 555 g/mol. The number of hydrogen-bond donors (Lipinski definition) is 2. The zero-order valence-electron chi connectivity index (χ0n) is 22.5. The topological polar surface area (TPSA) is 72.7 Å². The molecule has 4 rings (SSSR count). The Bertz CT molecular complexity index is 1450. The minimum absolute atomic E-state index is 0.0753. The molecule has 1 heterocycles. The molecule has 0 fully saturated rings. The second kappa shape index (κ2) is 12.9. The number of amides is 1. The predicted octanol–water partition coefficient (Wildman–Crippen LogP) is 6.16. The Labute approximate surface area is 231 Å². The number of aliphatic hydroxyl groups excluding tert-OH is 1. The first-order chi connectivity index (χ1) is 19.2. The van der Waals surface area contributed by atoms with Gasteiger partial charge in [-0.3, -0.25) is 4.79 Å². The van der Waals surface area contributed by atoms with Crippen LogP contribution < -0.4 is 14.8 Å². The molecule has 40 heavy (non-hydrogen) atoms. The zero-order chi connectivity index (χ0) is 28.7. The van der Waals surface area contributed by atoms with Crippen LogP contribution in [0, 0.1) is 5.92 Å². The van der Waals surface area contributed by atoms with E-state index in [4.69, 9.17) is 9.47 Å². The number of nitrogens with one attached hydrogen (secondary N) is 1. The molecule has 0 aliphatic carbocycles. The fraction of sp³-hybridized carbons (Fsp3) is 0.323. The van der Waals surface area contributed by atoms with Gasteiger partial charge in [0, 0.05) is 43.2 Å². The number of carbonyl (C=O) groups is 1. The molecule has 0 radical (unpaired) electrons. The summed E-state index contributed by atoms with van der Waals surface area (Å²) in [4.78, 5) is 13.4. The molecular formula is C31H33F3N2O4. The second-order valence-corrected chi connectivity index (χ2v) is 9.74. The lowest BCUT2D eigenvalue weighted by molar-refractivity contribution is -0.153. The number of ether oxygens (including phenoxy) is 2. The number of nitrogens with zero attached hydrogens (tertiary/aromatic N) is 1. The van der Waals surface area contributed by atoms with Crippen LogP contribution in [0.25, 0.3) is 22.0 Å². The summed E-state index contributed by atoms with van der Waals surface area (Å²) in [5.41, 5.74) is 3.71. The summed E-state index contributed by atoms with van der Waals surface area (Å²) in [6.45, 7) is 1.13. The van der Waals surface area contributed by atoms with E-state index in [0.717, 1.165) is 22.9 Å². The molecule has 2 N–H and O–H groups in total. The van der Waals surface area contributed by atoms with Gasteiger partial charge in [0.2, 0.25) is 0 Å². The summed E-state index contributed by atoms with van der Waals surface area (Å²) < 4.78 is 50.5. The van der Waals surface area contributed by atoms with Crippen LogP contribution in [-0.4, -0.2) is 48.1 Å². The van der Waals surface area contributed by atoms with E-state index in [1.807, 2.05) is 49.0 Å². The molecule has 1 amide bonds. The maximum atomic E-state index is 13.4. The van der Waals surface area contributed by atoms with Crippen LogP contribution >= 0.6 is 0 Å². The maximum Gasteiger partial charge on any atom is 0.422 e. The van der Waals surface area contributed by atoms with Crippen LogP contribution in [0.1, 0.15) is 29.3 Å². The summed E-state index contributed by atoms with van der Waals surface area (Å²) in [6.07, 6.45) is -1.07. The zero-order valence-corrected chi connectivity index (χ0v) is 22.5. The number of rotatable bonds is 12. The first-order valence-electron chi connectivity index (χ1n) is 13.2. The molecule has 0 spiro atoms. The van der Waals surface area contributed by atoms with Crippen molar-refractivity contribution >= 4 is 16.8 Å². The summed E-state index contributed by atoms with van der Waals surface area (Å²) in [5.74, 6) is -0.0947. The van der Waals surface area contributed by atoms with Crippen molar-refractivity contribution in [2.45, 2.75) is 25.9 Å². The van der Waals surface area contributed by atoms with Crippen molar-refractivity contribution in [1.82, 2.24) is 9.88 Å². The Hall–Kier alpha value is -3.98. The highest BCUT2D eigenvalue weighted by molar-refractivity contribution is 5.98. The third kappa shape index (κ3) is 7.35. The largest absolute Gasteiger partial charge is 0.493 e. The lowest BCUT2D eigenvalue weighted by Gasteiger charge is -2.17. The van der Waals surface area contributed by atoms with Crippen LogP contribution in [-0.2, 0) is 13.5 Å². The van der Waals surface area contributed by atoms with Gasteiger partial charge in [-0.1, -0.05) is 43.3 Å². The van der Waals surface area contributed by atoms with Crippen molar-refractivity contribution in [1.29, 1.82) is 0 Å². The van der Waals surface area contributed by atoms with Gasteiger partial charge in [-0.15, -0.1) is 0 Å². The van der Waals surface area contributed by atoms with Crippen LogP contribution in [0.5, 0.6) is 11.5 Å². The molecule has 212 valence electrons. The molecule has 9 heteroatoms. The van der Waals surface area contributed by atoms with E-state index in [-0.39, 0.29) is 30.7 Å².